The first-order chi connectivity index (χ1) is 7.41. The van der Waals surface area contributed by atoms with Gasteiger partial charge in [-0.05, 0) is 31.5 Å². The third-order valence-corrected chi connectivity index (χ3v) is 3.85. The second-order valence-electron chi connectivity index (χ2n) is 3.90. The third kappa shape index (κ3) is 3.35. The molecule has 0 aliphatic carbocycles. The van der Waals surface area contributed by atoms with Crippen molar-refractivity contribution in [3.05, 3.63) is 29.8 Å². The van der Waals surface area contributed by atoms with Gasteiger partial charge in [-0.25, -0.2) is 8.78 Å². The van der Waals surface area contributed by atoms with Gasteiger partial charge in [-0.15, -0.1) is 0 Å². The maximum Gasteiger partial charge on any atom is 0.139 e. The Hall–Kier alpha value is -0.810. The molecule has 0 aliphatic rings. The zero-order chi connectivity index (χ0) is 12.3. The van der Waals surface area contributed by atoms with E-state index >= 15 is 0 Å². The van der Waals surface area contributed by atoms with E-state index in [2.05, 4.69) is 0 Å². The number of benzene rings is 1. The van der Waals surface area contributed by atoms with Crippen LogP contribution in [0.5, 0.6) is 0 Å². The maximum absolute atomic E-state index is 13.3. The lowest BCUT2D eigenvalue weighted by Gasteiger charge is -2.14. The molecule has 0 aromatic heterocycles. The highest BCUT2D eigenvalue weighted by Gasteiger charge is 2.18. The van der Waals surface area contributed by atoms with Crippen LogP contribution in [0.15, 0.2) is 23.1 Å². The van der Waals surface area contributed by atoms with Gasteiger partial charge in [0, 0.05) is 11.3 Å². The van der Waals surface area contributed by atoms with E-state index in [-0.39, 0.29) is 16.2 Å². The summed E-state index contributed by atoms with van der Waals surface area (Å²) in [5.41, 5.74) is 5.57. The van der Waals surface area contributed by atoms with Crippen molar-refractivity contribution in [2.75, 3.05) is 0 Å². The number of halogens is 2. The van der Waals surface area contributed by atoms with Crippen molar-refractivity contribution < 1.29 is 13.0 Å². The second kappa shape index (κ2) is 5.50. The zero-order valence-electron chi connectivity index (χ0n) is 9.24. The Balaban J connectivity index is 2.91. The number of nitrogens with two attached hydrogens (primary N) is 1. The Morgan fingerprint density at radius 1 is 1.38 bits per heavy atom. The molecular formula is C11H15F2NOS. The highest BCUT2D eigenvalue weighted by molar-refractivity contribution is 7.85. The van der Waals surface area contributed by atoms with E-state index < -0.39 is 22.4 Å². The molecule has 0 aliphatic heterocycles. The summed E-state index contributed by atoms with van der Waals surface area (Å²) in [7, 11) is -1.57. The second-order valence-corrected chi connectivity index (χ2v) is 5.74. The zero-order valence-corrected chi connectivity index (χ0v) is 10.1. The van der Waals surface area contributed by atoms with Crippen LogP contribution in [0.1, 0.15) is 20.3 Å². The van der Waals surface area contributed by atoms with Crippen molar-refractivity contribution in [1.82, 2.24) is 0 Å². The molecule has 0 fully saturated rings. The number of hydrogen-bond donors (Lipinski definition) is 1. The fraction of sp³-hybridized carbons (Fsp3) is 0.455. The molecule has 1 rings (SSSR count). The van der Waals surface area contributed by atoms with E-state index in [1.54, 1.807) is 13.8 Å². The van der Waals surface area contributed by atoms with Crippen LogP contribution < -0.4 is 5.73 Å². The minimum absolute atomic E-state index is 0.0897. The average molecular weight is 247 g/mol. The average Bonchev–Trinajstić information content (AvgIpc) is 2.19. The van der Waals surface area contributed by atoms with Crippen LogP contribution in [0.2, 0.25) is 0 Å². The lowest BCUT2D eigenvalue weighted by Crippen LogP contribution is -2.24. The highest BCUT2D eigenvalue weighted by Crippen LogP contribution is 2.19. The summed E-state index contributed by atoms with van der Waals surface area (Å²) in [6.07, 6.45) is 0.503. The quantitative estimate of drug-likeness (QED) is 0.886. The van der Waals surface area contributed by atoms with Gasteiger partial charge in [-0.3, -0.25) is 4.21 Å². The molecule has 5 heteroatoms. The van der Waals surface area contributed by atoms with Gasteiger partial charge in [0.2, 0.25) is 0 Å². The van der Waals surface area contributed by atoms with Crippen molar-refractivity contribution >= 4 is 10.8 Å². The molecule has 0 spiro atoms. The Morgan fingerprint density at radius 3 is 2.56 bits per heavy atom. The first-order valence-electron chi connectivity index (χ1n) is 5.03. The predicted octanol–water partition coefficient (Wildman–Crippen LogP) is 2.20. The Labute approximate surface area is 96.3 Å². The van der Waals surface area contributed by atoms with Crippen molar-refractivity contribution in [3.63, 3.8) is 0 Å². The van der Waals surface area contributed by atoms with Gasteiger partial charge in [0.1, 0.15) is 11.6 Å². The Kier molecular flexibility index (Phi) is 4.56. The summed E-state index contributed by atoms with van der Waals surface area (Å²) >= 11 is 0. The molecule has 0 saturated heterocycles. The SMILES string of the molecule is CC(N)CC(C)S(=O)c1cc(F)ccc1F. The molecule has 2 N–H and O–H groups in total. The summed E-state index contributed by atoms with van der Waals surface area (Å²) in [4.78, 5) is -0.0897. The van der Waals surface area contributed by atoms with Gasteiger partial charge >= 0.3 is 0 Å². The lowest BCUT2D eigenvalue weighted by atomic mass is 10.2. The normalized spacial score (nSPS) is 16.8. The smallest absolute Gasteiger partial charge is 0.139 e. The first-order valence-corrected chi connectivity index (χ1v) is 6.24. The van der Waals surface area contributed by atoms with Gasteiger partial charge in [0.05, 0.1) is 15.7 Å². The van der Waals surface area contributed by atoms with E-state index in [9.17, 15) is 13.0 Å². The van der Waals surface area contributed by atoms with Crippen molar-refractivity contribution in [2.24, 2.45) is 5.73 Å². The minimum Gasteiger partial charge on any atom is -0.328 e. The molecule has 0 bridgehead atoms. The van der Waals surface area contributed by atoms with Gasteiger partial charge in [-0.1, -0.05) is 6.92 Å². The van der Waals surface area contributed by atoms with Crippen LogP contribution in [0.4, 0.5) is 8.78 Å². The van der Waals surface area contributed by atoms with Crippen LogP contribution in [0.3, 0.4) is 0 Å². The summed E-state index contributed by atoms with van der Waals surface area (Å²) < 4.78 is 38.1. The van der Waals surface area contributed by atoms with Gasteiger partial charge in [0.25, 0.3) is 0 Å². The fourth-order valence-corrected chi connectivity index (χ4v) is 2.86. The van der Waals surface area contributed by atoms with Crippen LogP contribution in [-0.4, -0.2) is 15.5 Å². The number of hydrogen-bond acceptors (Lipinski definition) is 2. The molecule has 0 amide bonds. The topological polar surface area (TPSA) is 43.1 Å². The van der Waals surface area contributed by atoms with Crippen molar-refractivity contribution in [2.45, 2.75) is 36.5 Å². The third-order valence-electron chi connectivity index (χ3n) is 2.18. The molecule has 3 atom stereocenters. The molecule has 16 heavy (non-hydrogen) atoms. The molecule has 1 aromatic rings. The lowest BCUT2D eigenvalue weighted by molar-refractivity contribution is 0.567. The molecule has 0 radical (unpaired) electrons. The maximum atomic E-state index is 13.3. The molecule has 0 heterocycles. The van der Waals surface area contributed by atoms with Gasteiger partial charge < -0.3 is 5.73 Å². The standard InChI is InChI=1S/C11H15F2NOS/c1-7(14)5-8(2)16(15)11-6-9(12)3-4-10(11)13/h3-4,6-8H,5,14H2,1-2H3. The number of rotatable bonds is 4. The van der Waals surface area contributed by atoms with E-state index in [4.69, 9.17) is 5.73 Å². The van der Waals surface area contributed by atoms with E-state index in [1.807, 2.05) is 0 Å². The van der Waals surface area contributed by atoms with Crippen molar-refractivity contribution in [3.8, 4) is 0 Å². The van der Waals surface area contributed by atoms with Crippen LogP contribution in [0, 0.1) is 11.6 Å². The van der Waals surface area contributed by atoms with E-state index in [1.165, 1.54) is 0 Å². The molecule has 3 unspecified atom stereocenters. The van der Waals surface area contributed by atoms with Crippen molar-refractivity contribution in [1.29, 1.82) is 0 Å². The minimum atomic E-state index is -1.57. The molecular weight excluding hydrogens is 232 g/mol. The van der Waals surface area contributed by atoms with Crippen LogP contribution in [-0.2, 0) is 10.8 Å². The summed E-state index contributed by atoms with van der Waals surface area (Å²) in [6, 6.07) is 2.85. The fourth-order valence-electron chi connectivity index (χ4n) is 1.46. The largest absolute Gasteiger partial charge is 0.328 e. The molecule has 1 aromatic carbocycles. The van der Waals surface area contributed by atoms with Crippen LogP contribution in [0.25, 0.3) is 0 Å². The Bertz CT molecular complexity index is 396. The summed E-state index contributed by atoms with van der Waals surface area (Å²) in [5, 5.41) is -0.295. The first kappa shape index (κ1) is 13.3. The summed E-state index contributed by atoms with van der Waals surface area (Å²) in [5.74, 6) is -1.23. The van der Waals surface area contributed by atoms with Gasteiger partial charge in [0.15, 0.2) is 0 Å². The van der Waals surface area contributed by atoms with Gasteiger partial charge in [-0.2, -0.15) is 0 Å². The molecule has 90 valence electrons. The highest BCUT2D eigenvalue weighted by atomic mass is 32.2. The van der Waals surface area contributed by atoms with E-state index in [0.717, 1.165) is 18.2 Å². The molecule has 2 nitrogen and oxygen atoms in total. The van der Waals surface area contributed by atoms with Crippen LogP contribution >= 0.6 is 0 Å². The van der Waals surface area contributed by atoms with E-state index in [0.29, 0.717) is 6.42 Å². The Morgan fingerprint density at radius 2 is 2.00 bits per heavy atom. The monoisotopic (exact) mass is 247 g/mol. The predicted molar refractivity (Wildman–Crippen MR) is 60.5 cm³/mol. The summed E-state index contributed by atoms with van der Waals surface area (Å²) in [6.45, 7) is 3.50. The molecule has 0 saturated carbocycles.